The van der Waals surface area contributed by atoms with E-state index in [1.165, 1.54) is 59.3 Å². The fourth-order valence-electron chi connectivity index (χ4n) is 5.13. The molecular formula is C37H30ClN5O9S. The van der Waals surface area contributed by atoms with E-state index < -0.39 is 22.0 Å². The van der Waals surface area contributed by atoms with Gasteiger partial charge in [0.05, 0.1) is 35.3 Å². The number of hydrogen-bond acceptors (Lipinski definition) is 10. The van der Waals surface area contributed by atoms with E-state index in [0.29, 0.717) is 44.2 Å². The van der Waals surface area contributed by atoms with Crippen molar-refractivity contribution in [2.75, 3.05) is 11.8 Å². The summed E-state index contributed by atoms with van der Waals surface area (Å²) in [7, 11) is -2.25. The number of halogens is 1. The molecule has 0 bridgehead atoms. The summed E-state index contributed by atoms with van der Waals surface area (Å²) in [6, 6.07) is 26.1. The standard InChI is InChI=1S/C19H16ClNO4.C18H14N4O5S/c1-11-15(10-18(22)23)16-9-14(25-2)7-8-17(16)21(11)19(24)12-3-5-13(20)6-4-12;23-16-9-6-13(11-15(16)18(24)25)21-20-12-4-7-14(8-5-12)28(26,27)22-17-3-1-2-10-19-17/h3-9H,10H2,1-2H3,(H,22,23);1-11,23H,(H,19,22)(H,24,25). The average molecular weight is 756 g/mol. The molecule has 2 aromatic heterocycles. The van der Waals surface area contributed by atoms with Gasteiger partial charge in [-0.15, -0.1) is 0 Å². The quantitative estimate of drug-likeness (QED) is 0.100. The zero-order valence-electron chi connectivity index (χ0n) is 28.0. The van der Waals surface area contributed by atoms with Crippen LogP contribution in [0, 0.1) is 6.92 Å². The maximum absolute atomic E-state index is 13.0. The number of nitrogens with zero attached hydrogens (tertiary/aromatic N) is 4. The molecule has 0 radical (unpaired) electrons. The van der Waals surface area contributed by atoms with Crippen molar-refractivity contribution in [1.82, 2.24) is 9.55 Å². The Hall–Kier alpha value is -6.58. The van der Waals surface area contributed by atoms with E-state index in [1.807, 2.05) is 0 Å². The van der Waals surface area contributed by atoms with Crippen molar-refractivity contribution in [2.24, 2.45) is 10.2 Å². The Kier molecular flexibility index (Phi) is 11.5. The van der Waals surface area contributed by atoms with Crippen molar-refractivity contribution in [1.29, 1.82) is 0 Å². The van der Waals surface area contributed by atoms with Gasteiger partial charge in [-0.25, -0.2) is 18.2 Å². The molecule has 53 heavy (non-hydrogen) atoms. The molecule has 0 spiro atoms. The van der Waals surface area contributed by atoms with E-state index in [1.54, 1.807) is 68.6 Å². The minimum atomic E-state index is -3.79. The van der Waals surface area contributed by atoms with Crippen LogP contribution in [-0.4, -0.2) is 58.2 Å². The first-order valence-corrected chi connectivity index (χ1v) is 17.4. The zero-order chi connectivity index (χ0) is 38.3. The first kappa shape index (κ1) is 37.7. The second-order valence-corrected chi connectivity index (χ2v) is 13.3. The fraction of sp³-hybridized carbons (Fsp3) is 0.0811. The Morgan fingerprint density at radius 1 is 0.887 bits per heavy atom. The van der Waals surface area contributed by atoms with Crippen LogP contribution in [-0.2, 0) is 21.2 Å². The molecule has 0 atom stereocenters. The maximum atomic E-state index is 13.0. The van der Waals surface area contributed by atoms with Crippen LogP contribution < -0.4 is 9.46 Å². The van der Waals surface area contributed by atoms with Gasteiger partial charge in [0.1, 0.15) is 22.9 Å². The molecule has 2 heterocycles. The molecular weight excluding hydrogens is 726 g/mol. The maximum Gasteiger partial charge on any atom is 0.339 e. The second kappa shape index (κ2) is 16.2. The number of anilines is 1. The topological polar surface area (TPSA) is 210 Å². The second-order valence-electron chi connectivity index (χ2n) is 11.2. The normalized spacial score (nSPS) is 11.2. The van der Waals surface area contributed by atoms with Crippen LogP contribution in [0.4, 0.5) is 17.2 Å². The molecule has 0 aliphatic rings. The van der Waals surface area contributed by atoms with Gasteiger partial charge in [0.25, 0.3) is 15.9 Å². The van der Waals surface area contributed by atoms with Gasteiger partial charge in [-0.3, -0.25) is 18.9 Å². The highest BCUT2D eigenvalue weighted by Gasteiger charge is 2.22. The van der Waals surface area contributed by atoms with Crippen LogP contribution in [0.15, 0.2) is 124 Å². The van der Waals surface area contributed by atoms with Gasteiger partial charge in [0, 0.05) is 27.9 Å². The number of carbonyl (C=O) groups excluding carboxylic acids is 1. The molecule has 0 aliphatic carbocycles. The Labute approximate surface area is 307 Å². The van der Waals surface area contributed by atoms with E-state index in [2.05, 4.69) is 19.9 Å². The van der Waals surface area contributed by atoms with Crippen LogP contribution in [0.5, 0.6) is 11.5 Å². The number of hydrogen-bond donors (Lipinski definition) is 4. The van der Waals surface area contributed by atoms with E-state index >= 15 is 0 Å². The predicted octanol–water partition coefficient (Wildman–Crippen LogP) is 7.63. The van der Waals surface area contributed by atoms with Gasteiger partial charge in [-0.1, -0.05) is 17.7 Å². The summed E-state index contributed by atoms with van der Waals surface area (Å²) in [4.78, 5) is 39.2. The summed E-state index contributed by atoms with van der Waals surface area (Å²) in [5.74, 6) is -2.04. The third-order valence-corrected chi connectivity index (χ3v) is 9.33. The van der Waals surface area contributed by atoms with Gasteiger partial charge in [-0.2, -0.15) is 10.2 Å². The lowest BCUT2D eigenvalue weighted by atomic mass is 10.1. The molecule has 0 saturated heterocycles. The number of phenols is 1. The molecule has 0 fully saturated rings. The Morgan fingerprint density at radius 3 is 2.19 bits per heavy atom. The molecule has 14 nitrogen and oxygen atoms in total. The van der Waals surface area contributed by atoms with Gasteiger partial charge >= 0.3 is 11.9 Å². The largest absolute Gasteiger partial charge is 0.507 e. The van der Waals surface area contributed by atoms with Crippen molar-refractivity contribution in [2.45, 2.75) is 18.2 Å². The smallest absolute Gasteiger partial charge is 0.339 e. The number of sulfonamides is 1. The number of rotatable bonds is 10. The number of carbonyl (C=O) groups is 3. The van der Waals surface area contributed by atoms with Crippen molar-refractivity contribution in [3.8, 4) is 11.5 Å². The highest BCUT2D eigenvalue weighted by atomic mass is 35.5. The van der Waals surface area contributed by atoms with Crippen LogP contribution in [0.3, 0.4) is 0 Å². The number of ether oxygens (including phenoxy) is 1. The fourth-order valence-corrected chi connectivity index (χ4v) is 6.27. The minimum Gasteiger partial charge on any atom is -0.507 e. The van der Waals surface area contributed by atoms with E-state index in [4.69, 9.17) is 21.4 Å². The van der Waals surface area contributed by atoms with Crippen LogP contribution in [0.25, 0.3) is 10.9 Å². The number of azo groups is 1. The minimum absolute atomic E-state index is 0.0231. The van der Waals surface area contributed by atoms with E-state index in [9.17, 15) is 33.0 Å². The summed E-state index contributed by atoms with van der Waals surface area (Å²) in [6.45, 7) is 1.75. The number of aromatic carboxylic acids is 1. The molecule has 4 aromatic carbocycles. The Balaban J connectivity index is 0.000000206. The summed E-state index contributed by atoms with van der Waals surface area (Å²) in [5, 5.41) is 36.8. The van der Waals surface area contributed by atoms with Crippen LogP contribution >= 0.6 is 11.6 Å². The van der Waals surface area contributed by atoms with Gasteiger partial charge in [-0.05, 0) is 110 Å². The zero-order valence-corrected chi connectivity index (χ0v) is 29.5. The number of aromatic hydroxyl groups is 1. The number of aliphatic carboxylic acids is 1. The summed E-state index contributed by atoms with van der Waals surface area (Å²) in [6.07, 6.45) is 1.30. The number of nitrogens with one attached hydrogen (secondary N) is 1. The molecule has 6 rings (SSSR count). The summed E-state index contributed by atoms with van der Waals surface area (Å²) < 4.78 is 33.8. The number of carboxylic acids is 2. The lowest BCUT2D eigenvalue weighted by Gasteiger charge is -2.08. The molecule has 270 valence electrons. The first-order chi connectivity index (χ1) is 25.3. The highest BCUT2D eigenvalue weighted by molar-refractivity contribution is 7.92. The van der Waals surface area contributed by atoms with Crippen molar-refractivity contribution in [3.63, 3.8) is 0 Å². The third kappa shape index (κ3) is 9.02. The number of aromatic nitrogens is 2. The number of methoxy groups -OCH3 is 1. The molecule has 0 saturated carbocycles. The molecule has 6 aromatic rings. The van der Waals surface area contributed by atoms with E-state index in [-0.39, 0.29) is 40.0 Å². The lowest BCUT2D eigenvalue weighted by Crippen LogP contribution is -2.14. The average Bonchev–Trinajstić information content (AvgIpc) is 3.41. The van der Waals surface area contributed by atoms with Gasteiger partial charge in [0.15, 0.2) is 0 Å². The first-order valence-electron chi connectivity index (χ1n) is 15.5. The molecule has 0 aliphatic heterocycles. The lowest BCUT2D eigenvalue weighted by molar-refractivity contribution is -0.136. The predicted molar refractivity (Wildman–Crippen MR) is 196 cm³/mol. The molecule has 0 unspecified atom stereocenters. The third-order valence-electron chi connectivity index (χ3n) is 7.71. The number of pyridine rings is 1. The van der Waals surface area contributed by atoms with Crippen molar-refractivity contribution < 1.29 is 42.9 Å². The van der Waals surface area contributed by atoms with Gasteiger partial charge < -0.3 is 20.1 Å². The summed E-state index contributed by atoms with van der Waals surface area (Å²) in [5.41, 5.74) is 2.62. The summed E-state index contributed by atoms with van der Waals surface area (Å²) >= 11 is 5.89. The molecule has 4 N–H and O–H groups in total. The van der Waals surface area contributed by atoms with Crippen LogP contribution in [0.2, 0.25) is 5.02 Å². The molecule has 0 amide bonds. The Morgan fingerprint density at radius 2 is 1.57 bits per heavy atom. The highest BCUT2D eigenvalue weighted by Crippen LogP contribution is 2.31. The Bertz CT molecular complexity index is 2450. The molecule has 16 heteroatoms. The number of carboxylic acid groups (broad SMARTS) is 2. The van der Waals surface area contributed by atoms with Gasteiger partial charge in [0.2, 0.25) is 0 Å². The monoisotopic (exact) mass is 755 g/mol. The van der Waals surface area contributed by atoms with Crippen molar-refractivity contribution >= 4 is 67.6 Å². The van der Waals surface area contributed by atoms with E-state index in [0.717, 1.165) is 0 Å². The van der Waals surface area contributed by atoms with Crippen molar-refractivity contribution in [3.05, 3.63) is 137 Å². The number of fused-ring (bicyclic) bond motifs is 1. The number of benzene rings is 4. The SMILES string of the molecule is COc1ccc2c(c1)c(CC(=O)O)c(C)n2C(=O)c1ccc(Cl)cc1.O=C(O)c1cc(N=Nc2ccc(S(=O)(=O)Nc3ccccn3)cc2)ccc1O. The van der Waals surface area contributed by atoms with Crippen LogP contribution in [0.1, 0.15) is 32.0 Å².